The minimum atomic E-state index is 1.25. The summed E-state index contributed by atoms with van der Waals surface area (Å²) in [5, 5.41) is 12.0. The molecular formula is C3H10O2. The summed E-state index contributed by atoms with van der Waals surface area (Å²) >= 11 is 0. The third kappa shape index (κ3) is 2260. The summed E-state index contributed by atoms with van der Waals surface area (Å²) in [6, 6.07) is 0. The van der Waals surface area contributed by atoms with Crippen LogP contribution >= 0.6 is 0 Å². The van der Waals surface area contributed by atoms with Crippen LogP contribution in [0.3, 0.4) is 0 Å². The summed E-state index contributed by atoms with van der Waals surface area (Å²) in [4.78, 5) is 0. The third-order valence-electron chi connectivity index (χ3n) is 0. The van der Waals surface area contributed by atoms with Gasteiger partial charge in [-0.15, -0.1) is 0 Å². The zero-order valence-electron chi connectivity index (χ0n) is 3.60. The van der Waals surface area contributed by atoms with Crippen molar-refractivity contribution in [2.24, 2.45) is 0 Å². The van der Waals surface area contributed by atoms with Gasteiger partial charge in [-0.05, 0) is 0 Å². The van der Waals surface area contributed by atoms with Crippen LogP contribution in [0.5, 0.6) is 0 Å². The second kappa shape index (κ2) is 39.5. The van der Waals surface area contributed by atoms with Crippen molar-refractivity contribution in [1.82, 2.24) is 0 Å². The zero-order chi connectivity index (χ0) is 4.71. The first-order chi connectivity index (χ1) is 2.41. The van der Waals surface area contributed by atoms with Crippen LogP contribution in [-0.2, 0) is 0 Å². The van der Waals surface area contributed by atoms with Gasteiger partial charge >= 0.3 is 0 Å². The number of rotatable bonds is 0. The second-order valence-electron chi connectivity index (χ2n) is 0.707. The molecule has 0 saturated carbocycles. The molecular weight excluding hydrogens is 68.0 g/mol. The van der Waals surface area contributed by atoms with Gasteiger partial charge in [0.2, 0.25) is 0 Å². The summed E-state index contributed by atoms with van der Waals surface area (Å²) in [5.41, 5.74) is 0. The molecule has 0 aliphatic carbocycles. The Morgan fingerprint density at radius 2 is 1.20 bits per heavy atom. The molecule has 0 atom stereocenters. The predicted molar refractivity (Wildman–Crippen MR) is 21.2 cm³/mol. The Morgan fingerprint density at radius 3 is 1.20 bits per heavy atom. The first kappa shape index (κ1) is 8.87. The van der Waals surface area contributed by atoms with E-state index in [0.29, 0.717) is 0 Å². The van der Waals surface area contributed by atoms with Gasteiger partial charge in [0.15, 0.2) is 0 Å². The molecule has 0 radical (unpaired) electrons. The van der Waals surface area contributed by atoms with Crippen LogP contribution in [-0.4, -0.2) is 10.5 Å². The van der Waals surface area contributed by atoms with Crippen molar-refractivity contribution >= 4 is 0 Å². The van der Waals surface area contributed by atoms with Crippen LogP contribution in [0.1, 0.15) is 20.3 Å². The summed E-state index contributed by atoms with van der Waals surface area (Å²) in [6.45, 7) is 4.25. The van der Waals surface area contributed by atoms with Crippen LogP contribution in [0.25, 0.3) is 0 Å². The molecule has 34 valence electrons. The van der Waals surface area contributed by atoms with Crippen LogP contribution in [0.15, 0.2) is 0 Å². The minimum absolute atomic E-state index is 1.25. The van der Waals surface area contributed by atoms with Gasteiger partial charge in [-0.25, -0.2) is 0 Å². The standard InChI is InChI=1S/C3H8.H2O2/c1-3-2;1-2/h3H2,1-2H3;1-2H. The Labute approximate surface area is 32.0 Å². The molecule has 2 heteroatoms. The number of hydrogen-bond acceptors (Lipinski definition) is 2. The highest BCUT2D eigenvalue weighted by atomic mass is 17.0. The summed E-state index contributed by atoms with van der Waals surface area (Å²) in [5.74, 6) is 0. The lowest BCUT2D eigenvalue weighted by atomic mass is 10.6. The highest BCUT2D eigenvalue weighted by molar-refractivity contribution is 3.92. The van der Waals surface area contributed by atoms with E-state index in [1.165, 1.54) is 6.42 Å². The molecule has 0 rings (SSSR count). The lowest BCUT2D eigenvalue weighted by molar-refractivity contribution is -0.176. The van der Waals surface area contributed by atoms with E-state index in [-0.39, 0.29) is 0 Å². The molecule has 0 aromatic heterocycles. The van der Waals surface area contributed by atoms with Crippen LogP contribution < -0.4 is 0 Å². The van der Waals surface area contributed by atoms with Gasteiger partial charge in [0.1, 0.15) is 0 Å². The lowest BCUT2D eigenvalue weighted by Gasteiger charge is -1.48. The van der Waals surface area contributed by atoms with Gasteiger partial charge in [-0.3, -0.25) is 10.5 Å². The molecule has 5 heavy (non-hydrogen) atoms. The van der Waals surface area contributed by atoms with Crippen molar-refractivity contribution in [2.75, 3.05) is 0 Å². The van der Waals surface area contributed by atoms with Crippen LogP contribution in [0.4, 0.5) is 0 Å². The molecule has 0 aromatic carbocycles. The summed E-state index contributed by atoms with van der Waals surface area (Å²) in [6.07, 6.45) is 1.25. The molecule has 0 fully saturated rings. The highest BCUT2D eigenvalue weighted by Crippen LogP contribution is 1.56. The largest absolute Gasteiger partial charge is 0.255 e. The average molecular weight is 78.1 g/mol. The van der Waals surface area contributed by atoms with Crippen molar-refractivity contribution in [1.29, 1.82) is 0 Å². The molecule has 2 nitrogen and oxygen atoms in total. The Kier molecular flexibility index (Phi) is 70.0. The van der Waals surface area contributed by atoms with Gasteiger partial charge in [-0.2, -0.15) is 0 Å². The topological polar surface area (TPSA) is 40.5 Å². The Morgan fingerprint density at radius 1 is 1.20 bits per heavy atom. The Bertz CT molecular complexity index is 4.85. The highest BCUT2D eigenvalue weighted by Gasteiger charge is 1.35. The van der Waals surface area contributed by atoms with Gasteiger partial charge in [0.05, 0.1) is 0 Å². The van der Waals surface area contributed by atoms with Crippen LogP contribution in [0.2, 0.25) is 0 Å². The maximum Gasteiger partial charge on any atom is -0.0590 e. The van der Waals surface area contributed by atoms with E-state index in [0.717, 1.165) is 0 Å². The minimum Gasteiger partial charge on any atom is -0.255 e. The van der Waals surface area contributed by atoms with E-state index in [1.54, 1.807) is 0 Å². The fourth-order valence-electron chi connectivity index (χ4n) is 0. The fourth-order valence-corrected chi connectivity index (χ4v) is 0. The maximum absolute atomic E-state index is 6.00. The van der Waals surface area contributed by atoms with E-state index >= 15 is 0 Å². The lowest BCUT2D eigenvalue weighted by Crippen LogP contribution is -1.29. The summed E-state index contributed by atoms with van der Waals surface area (Å²) in [7, 11) is 0. The fraction of sp³-hybridized carbons (Fsp3) is 1.00. The maximum atomic E-state index is 6.00. The number of hydrogen-bond donors (Lipinski definition) is 2. The zero-order valence-corrected chi connectivity index (χ0v) is 3.60. The molecule has 0 saturated heterocycles. The second-order valence-corrected chi connectivity index (χ2v) is 0.707. The van der Waals surface area contributed by atoms with E-state index < -0.39 is 0 Å². The van der Waals surface area contributed by atoms with E-state index in [1.807, 2.05) is 0 Å². The molecule has 0 amide bonds. The monoisotopic (exact) mass is 78.1 g/mol. The van der Waals surface area contributed by atoms with Crippen LogP contribution in [0, 0.1) is 0 Å². The van der Waals surface area contributed by atoms with Gasteiger partial charge < -0.3 is 0 Å². The first-order valence-electron chi connectivity index (χ1n) is 1.61. The third-order valence-corrected chi connectivity index (χ3v) is 0. The van der Waals surface area contributed by atoms with Crippen molar-refractivity contribution in [3.63, 3.8) is 0 Å². The normalized spacial score (nSPS) is 4.80. The van der Waals surface area contributed by atoms with Crippen molar-refractivity contribution in [2.45, 2.75) is 20.3 Å². The van der Waals surface area contributed by atoms with Crippen molar-refractivity contribution < 1.29 is 10.5 Å². The quantitative estimate of drug-likeness (QED) is 0.340. The summed E-state index contributed by atoms with van der Waals surface area (Å²) < 4.78 is 0. The molecule has 2 N–H and O–H groups in total. The smallest absolute Gasteiger partial charge is 0.0590 e. The molecule has 0 bridgehead atoms. The Hall–Kier alpha value is -0.0800. The van der Waals surface area contributed by atoms with E-state index in [4.69, 9.17) is 10.5 Å². The van der Waals surface area contributed by atoms with E-state index in [2.05, 4.69) is 13.8 Å². The molecule has 0 heterocycles. The van der Waals surface area contributed by atoms with Crippen molar-refractivity contribution in [3.8, 4) is 0 Å². The van der Waals surface area contributed by atoms with Gasteiger partial charge in [-0.1, -0.05) is 20.3 Å². The molecule has 0 aliphatic rings. The predicted octanol–water partition coefficient (Wildman–Crippen LogP) is 1.43. The molecule has 0 unspecified atom stereocenters. The molecule has 0 aliphatic heterocycles. The average Bonchev–Trinajstić information content (AvgIpc) is 1.46. The van der Waals surface area contributed by atoms with Gasteiger partial charge in [0, 0.05) is 0 Å². The Balaban J connectivity index is 0. The van der Waals surface area contributed by atoms with Crippen molar-refractivity contribution in [3.05, 3.63) is 0 Å². The SMILES string of the molecule is CCC.OO. The van der Waals surface area contributed by atoms with Gasteiger partial charge in [0.25, 0.3) is 0 Å². The molecule has 0 spiro atoms. The first-order valence-corrected chi connectivity index (χ1v) is 1.61. The molecule has 0 aromatic rings. The van der Waals surface area contributed by atoms with E-state index in [9.17, 15) is 0 Å².